The van der Waals surface area contributed by atoms with Crippen LogP contribution in [0.15, 0.2) is 48.5 Å². The molecule has 0 bridgehead atoms. The maximum Gasteiger partial charge on any atom is 0.321 e. The number of piperazine rings is 1. The average molecular weight is 366 g/mol. The highest BCUT2D eigenvalue weighted by molar-refractivity contribution is 5.95. The number of rotatable bonds is 4. The SMILES string of the molecule is CC(=O)c1cccc(N2CCN(C(=O)Nc3ccc(N(C)C)cc3)CC2)c1. The van der Waals surface area contributed by atoms with Crippen molar-refractivity contribution in [2.75, 3.05) is 55.4 Å². The zero-order valence-electron chi connectivity index (χ0n) is 16.1. The van der Waals surface area contributed by atoms with Gasteiger partial charge in [0, 0.05) is 62.9 Å². The van der Waals surface area contributed by atoms with E-state index in [1.165, 1.54) is 0 Å². The van der Waals surface area contributed by atoms with Gasteiger partial charge in [0.2, 0.25) is 0 Å². The summed E-state index contributed by atoms with van der Waals surface area (Å²) >= 11 is 0. The van der Waals surface area contributed by atoms with E-state index in [2.05, 4.69) is 10.2 Å². The second-order valence-corrected chi connectivity index (χ2v) is 6.95. The Kier molecular flexibility index (Phi) is 5.64. The van der Waals surface area contributed by atoms with Crippen LogP contribution >= 0.6 is 0 Å². The number of amides is 2. The second kappa shape index (κ2) is 8.12. The average Bonchev–Trinajstić information content (AvgIpc) is 2.68. The topological polar surface area (TPSA) is 55.9 Å². The Hall–Kier alpha value is -3.02. The Balaban J connectivity index is 1.56. The molecule has 6 nitrogen and oxygen atoms in total. The molecule has 2 amide bonds. The maximum atomic E-state index is 12.5. The first-order valence-electron chi connectivity index (χ1n) is 9.13. The first-order chi connectivity index (χ1) is 12.9. The molecule has 1 aliphatic heterocycles. The molecular weight excluding hydrogens is 340 g/mol. The predicted octanol–water partition coefficient (Wildman–Crippen LogP) is 3.31. The summed E-state index contributed by atoms with van der Waals surface area (Å²) in [6.45, 7) is 4.35. The predicted molar refractivity (Wildman–Crippen MR) is 110 cm³/mol. The number of hydrogen-bond acceptors (Lipinski definition) is 4. The summed E-state index contributed by atoms with van der Waals surface area (Å²) in [5.74, 6) is 0.0650. The van der Waals surface area contributed by atoms with Gasteiger partial charge in [-0.1, -0.05) is 12.1 Å². The van der Waals surface area contributed by atoms with Gasteiger partial charge in [-0.05, 0) is 43.3 Å². The molecule has 1 N–H and O–H groups in total. The molecule has 142 valence electrons. The number of carbonyl (C=O) groups excluding carboxylic acids is 2. The van der Waals surface area contributed by atoms with Gasteiger partial charge in [-0.25, -0.2) is 4.79 Å². The van der Waals surface area contributed by atoms with Crippen LogP contribution in [0.3, 0.4) is 0 Å². The normalized spacial score (nSPS) is 14.0. The third-order valence-corrected chi connectivity index (χ3v) is 4.82. The van der Waals surface area contributed by atoms with Gasteiger partial charge in [-0.3, -0.25) is 4.79 Å². The summed E-state index contributed by atoms with van der Waals surface area (Å²) in [4.78, 5) is 30.1. The monoisotopic (exact) mass is 366 g/mol. The zero-order chi connectivity index (χ0) is 19.4. The minimum absolute atomic E-state index is 0.0650. The largest absolute Gasteiger partial charge is 0.378 e. The Morgan fingerprint density at radius 2 is 1.63 bits per heavy atom. The summed E-state index contributed by atoms with van der Waals surface area (Å²) in [6, 6.07) is 15.4. The Morgan fingerprint density at radius 3 is 2.22 bits per heavy atom. The van der Waals surface area contributed by atoms with E-state index in [4.69, 9.17) is 0 Å². The number of ketones is 1. The maximum absolute atomic E-state index is 12.5. The number of urea groups is 1. The minimum atomic E-state index is -0.0789. The van der Waals surface area contributed by atoms with Gasteiger partial charge in [-0.2, -0.15) is 0 Å². The minimum Gasteiger partial charge on any atom is -0.378 e. The summed E-state index contributed by atoms with van der Waals surface area (Å²) in [7, 11) is 3.97. The molecule has 1 aliphatic rings. The lowest BCUT2D eigenvalue weighted by molar-refractivity contribution is 0.101. The molecule has 2 aromatic carbocycles. The molecule has 0 spiro atoms. The van der Waals surface area contributed by atoms with E-state index in [0.29, 0.717) is 18.7 Å². The molecular formula is C21H26N4O2. The van der Waals surface area contributed by atoms with Gasteiger partial charge in [-0.15, -0.1) is 0 Å². The van der Waals surface area contributed by atoms with Crippen molar-refractivity contribution in [3.8, 4) is 0 Å². The molecule has 27 heavy (non-hydrogen) atoms. The van der Waals surface area contributed by atoms with E-state index in [1.54, 1.807) is 6.92 Å². The fourth-order valence-electron chi connectivity index (χ4n) is 3.13. The van der Waals surface area contributed by atoms with E-state index in [0.717, 1.165) is 30.2 Å². The standard InChI is InChI=1S/C21H26N4O2/c1-16(26)17-5-4-6-20(15-17)24-11-13-25(14-12-24)21(27)22-18-7-9-19(10-8-18)23(2)3/h4-10,15H,11-14H2,1-3H3,(H,22,27). The molecule has 1 fully saturated rings. The first kappa shape index (κ1) is 18.8. The van der Waals surface area contributed by atoms with Crippen LogP contribution in [-0.2, 0) is 0 Å². The van der Waals surface area contributed by atoms with E-state index >= 15 is 0 Å². The van der Waals surface area contributed by atoms with Gasteiger partial charge in [0.05, 0.1) is 0 Å². The van der Waals surface area contributed by atoms with Crippen molar-refractivity contribution in [1.29, 1.82) is 0 Å². The molecule has 6 heteroatoms. The van der Waals surface area contributed by atoms with Crippen LogP contribution in [-0.4, -0.2) is 57.0 Å². The summed E-state index contributed by atoms with van der Waals surface area (Å²) in [5.41, 5.74) is 3.63. The van der Waals surface area contributed by atoms with Crippen molar-refractivity contribution in [3.05, 3.63) is 54.1 Å². The van der Waals surface area contributed by atoms with Crippen molar-refractivity contribution in [2.24, 2.45) is 0 Å². The molecule has 0 radical (unpaired) electrons. The van der Waals surface area contributed by atoms with Crippen molar-refractivity contribution >= 4 is 28.9 Å². The lowest BCUT2D eigenvalue weighted by atomic mass is 10.1. The third-order valence-electron chi connectivity index (χ3n) is 4.82. The van der Waals surface area contributed by atoms with Crippen molar-refractivity contribution < 1.29 is 9.59 Å². The number of nitrogens with one attached hydrogen (secondary N) is 1. The summed E-state index contributed by atoms with van der Waals surface area (Å²) < 4.78 is 0. The van der Waals surface area contributed by atoms with Gasteiger partial charge < -0.3 is 20.0 Å². The Labute approximate surface area is 160 Å². The highest BCUT2D eigenvalue weighted by Crippen LogP contribution is 2.20. The van der Waals surface area contributed by atoms with Crippen LogP contribution in [0, 0.1) is 0 Å². The van der Waals surface area contributed by atoms with E-state index in [9.17, 15) is 9.59 Å². The smallest absolute Gasteiger partial charge is 0.321 e. The number of carbonyl (C=O) groups is 2. The summed E-state index contributed by atoms with van der Waals surface area (Å²) in [5, 5.41) is 2.96. The van der Waals surface area contributed by atoms with E-state index in [-0.39, 0.29) is 11.8 Å². The van der Waals surface area contributed by atoms with Crippen molar-refractivity contribution in [2.45, 2.75) is 6.92 Å². The van der Waals surface area contributed by atoms with Crippen LogP contribution < -0.4 is 15.1 Å². The van der Waals surface area contributed by atoms with Gasteiger partial charge in [0.25, 0.3) is 0 Å². The van der Waals surface area contributed by atoms with E-state index < -0.39 is 0 Å². The van der Waals surface area contributed by atoms with E-state index in [1.807, 2.05) is 72.4 Å². The Bertz CT molecular complexity index is 809. The highest BCUT2D eigenvalue weighted by atomic mass is 16.2. The molecule has 2 aromatic rings. The first-order valence-corrected chi connectivity index (χ1v) is 9.13. The molecule has 0 aliphatic carbocycles. The van der Waals surface area contributed by atoms with Crippen molar-refractivity contribution in [3.63, 3.8) is 0 Å². The molecule has 1 heterocycles. The van der Waals surface area contributed by atoms with Crippen LogP contribution in [0.25, 0.3) is 0 Å². The van der Waals surface area contributed by atoms with Crippen molar-refractivity contribution in [1.82, 2.24) is 4.90 Å². The lowest BCUT2D eigenvalue weighted by Gasteiger charge is -2.36. The molecule has 0 atom stereocenters. The number of hydrogen-bond donors (Lipinski definition) is 1. The quantitative estimate of drug-likeness (QED) is 0.844. The fraction of sp³-hybridized carbons (Fsp3) is 0.333. The van der Waals surface area contributed by atoms with Crippen LogP contribution in [0.2, 0.25) is 0 Å². The third kappa shape index (κ3) is 4.58. The number of benzene rings is 2. The number of nitrogens with zero attached hydrogens (tertiary/aromatic N) is 3. The van der Waals surface area contributed by atoms with Gasteiger partial charge >= 0.3 is 6.03 Å². The second-order valence-electron chi connectivity index (χ2n) is 6.95. The van der Waals surface area contributed by atoms with Gasteiger partial charge in [0.15, 0.2) is 5.78 Å². The molecule has 0 aromatic heterocycles. The van der Waals surface area contributed by atoms with Crippen LogP contribution in [0.4, 0.5) is 21.9 Å². The molecule has 1 saturated heterocycles. The number of Topliss-reactive ketones (excluding diaryl/α,β-unsaturated/α-hetero) is 1. The van der Waals surface area contributed by atoms with Crippen LogP contribution in [0.5, 0.6) is 0 Å². The number of anilines is 3. The van der Waals surface area contributed by atoms with Gasteiger partial charge in [0.1, 0.15) is 0 Å². The fourth-order valence-corrected chi connectivity index (χ4v) is 3.13. The van der Waals surface area contributed by atoms with Crippen LogP contribution in [0.1, 0.15) is 17.3 Å². The Morgan fingerprint density at radius 1 is 0.963 bits per heavy atom. The summed E-state index contributed by atoms with van der Waals surface area (Å²) in [6.07, 6.45) is 0. The highest BCUT2D eigenvalue weighted by Gasteiger charge is 2.21. The molecule has 0 unspecified atom stereocenters. The molecule has 3 rings (SSSR count). The lowest BCUT2D eigenvalue weighted by Crippen LogP contribution is -2.50. The zero-order valence-corrected chi connectivity index (χ0v) is 16.1. The molecule has 0 saturated carbocycles.